The SMILES string of the molecule is [CH2]C(C(=O)Nc1ccc2ccccc2c1)c1cn(C)c2ccc(Cl)cc12. The van der Waals surface area contributed by atoms with E-state index < -0.39 is 5.92 Å². The minimum atomic E-state index is -0.538. The topological polar surface area (TPSA) is 34.0 Å². The zero-order valence-corrected chi connectivity index (χ0v) is 15.1. The van der Waals surface area contributed by atoms with Gasteiger partial charge in [-0.1, -0.05) is 41.9 Å². The minimum Gasteiger partial charge on any atom is -0.350 e. The van der Waals surface area contributed by atoms with Crippen molar-refractivity contribution >= 4 is 44.9 Å². The average molecular weight is 362 g/mol. The van der Waals surface area contributed by atoms with Crippen molar-refractivity contribution in [1.29, 1.82) is 0 Å². The third kappa shape index (κ3) is 2.95. The van der Waals surface area contributed by atoms with Gasteiger partial charge in [-0.25, -0.2) is 0 Å². The number of carbonyl (C=O) groups excluding carboxylic acids is 1. The smallest absolute Gasteiger partial charge is 0.231 e. The van der Waals surface area contributed by atoms with Gasteiger partial charge in [0.25, 0.3) is 0 Å². The summed E-state index contributed by atoms with van der Waals surface area (Å²) in [5.41, 5.74) is 2.65. The highest BCUT2D eigenvalue weighted by atomic mass is 35.5. The molecule has 1 aromatic heterocycles. The first-order chi connectivity index (χ1) is 12.5. The number of carbonyl (C=O) groups is 1. The molecular formula is C22H18ClN2O. The zero-order valence-electron chi connectivity index (χ0n) is 14.4. The standard InChI is InChI=1S/C22H18ClN2O/c1-14(20-13-25(2)21-10-8-17(23)12-19(20)21)22(26)24-18-9-7-15-5-3-4-6-16(15)11-18/h3-14H,1H2,2H3,(H,24,26). The lowest BCUT2D eigenvalue weighted by molar-refractivity contribution is -0.116. The van der Waals surface area contributed by atoms with E-state index in [1.54, 1.807) is 0 Å². The molecule has 1 amide bonds. The van der Waals surface area contributed by atoms with E-state index in [0.29, 0.717) is 5.02 Å². The molecule has 0 aliphatic carbocycles. The molecule has 1 N–H and O–H groups in total. The zero-order chi connectivity index (χ0) is 18.3. The van der Waals surface area contributed by atoms with Crippen molar-refractivity contribution in [2.75, 3.05) is 5.32 Å². The number of aryl methyl sites for hydroxylation is 1. The molecule has 0 aliphatic rings. The molecule has 0 bridgehead atoms. The van der Waals surface area contributed by atoms with E-state index in [2.05, 4.69) is 12.2 Å². The maximum Gasteiger partial charge on any atom is 0.231 e. The van der Waals surface area contributed by atoms with Gasteiger partial charge in [-0.2, -0.15) is 0 Å². The van der Waals surface area contributed by atoms with Crippen LogP contribution in [-0.4, -0.2) is 10.5 Å². The van der Waals surface area contributed by atoms with Crippen LogP contribution >= 0.6 is 11.6 Å². The van der Waals surface area contributed by atoms with Crippen LogP contribution in [0.15, 0.2) is 66.9 Å². The Kier molecular flexibility index (Phi) is 4.17. The van der Waals surface area contributed by atoms with Gasteiger partial charge in [-0.3, -0.25) is 4.79 Å². The second-order valence-corrected chi connectivity index (χ2v) is 6.90. The van der Waals surface area contributed by atoms with Crippen LogP contribution in [-0.2, 0) is 11.8 Å². The van der Waals surface area contributed by atoms with Gasteiger partial charge < -0.3 is 9.88 Å². The van der Waals surface area contributed by atoms with Crippen molar-refractivity contribution in [3.05, 3.63) is 84.4 Å². The molecule has 0 saturated heterocycles. The Balaban J connectivity index is 1.64. The molecule has 0 fully saturated rings. The Morgan fingerprint density at radius 2 is 1.85 bits per heavy atom. The Bertz CT molecular complexity index is 1130. The van der Waals surface area contributed by atoms with Gasteiger partial charge in [0, 0.05) is 34.9 Å². The first-order valence-corrected chi connectivity index (χ1v) is 8.78. The minimum absolute atomic E-state index is 0.146. The highest BCUT2D eigenvalue weighted by Gasteiger charge is 2.20. The quantitative estimate of drug-likeness (QED) is 0.510. The Hall–Kier alpha value is -2.78. The maximum absolute atomic E-state index is 12.8. The molecule has 0 saturated carbocycles. The number of benzene rings is 3. The average Bonchev–Trinajstić information content (AvgIpc) is 2.96. The number of halogens is 1. The van der Waals surface area contributed by atoms with Crippen molar-refractivity contribution in [2.45, 2.75) is 5.92 Å². The summed E-state index contributed by atoms with van der Waals surface area (Å²) in [6.45, 7) is 4.09. The van der Waals surface area contributed by atoms with E-state index in [4.69, 9.17) is 11.6 Å². The number of hydrogen-bond donors (Lipinski definition) is 1. The maximum atomic E-state index is 12.8. The highest BCUT2D eigenvalue weighted by Crippen LogP contribution is 2.30. The molecule has 0 aliphatic heterocycles. The number of nitrogens with zero attached hydrogens (tertiary/aromatic N) is 1. The largest absolute Gasteiger partial charge is 0.350 e. The van der Waals surface area contributed by atoms with Crippen molar-refractivity contribution in [2.24, 2.45) is 7.05 Å². The summed E-state index contributed by atoms with van der Waals surface area (Å²) in [4.78, 5) is 12.8. The predicted molar refractivity (Wildman–Crippen MR) is 109 cm³/mol. The fourth-order valence-corrected chi connectivity index (χ4v) is 3.48. The summed E-state index contributed by atoms with van der Waals surface area (Å²) >= 11 is 6.14. The molecule has 4 heteroatoms. The fourth-order valence-electron chi connectivity index (χ4n) is 3.31. The summed E-state index contributed by atoms with van der Waals surface area (Å²) < 4.78 is 1.99. The summed E-state index contributed by atoms with van der Waals surface area (Å²) in [7, 11) is 1.95. The van der Waals surface area contributed by atoms with Crippen LogP contribution in [0.3, 0.4) is 0 Å². The first-order valence-electron chi connectivity index (χ1n) is 8.40. The summed E-state index contributed by atoms with van der Waals surface area (Å²) in [6, 6.07) is 19.6. The van der Waals surface area contributed by atoms with E-state index in [1.807, 2.05) is 78.5 Å². The van der Waals surface area contributed by atoms with Crippen molar-refractivity contribution in [3.8, 4) is 0 Å². The van der Waals surface area contributed by atoms with Gasteiger partial charge in [0.05, 0.1) is 5.92 Å². The van der Waals surface area contributed by atoms with E-state index in [-0.39, 0.29) is 5.91 Å². The molecule has 4 aromatic rings. The first kappa shape index (κ1) is 16.7. The van der Waals surface area contributed by atoms with Crippen molar-refractivity contribution < 1.29 is 4.79 Å². The van der Waals surface area contributed by atoms with Gasteiger partial charge >= 0.3 is 0 Å². The monoisotopic (exact) mass is 361 g/mol. The lowest BCUT2D eigenvalue weighted by atomic mass is 9.99. The van der Waals surface area contributed by atoms with E-state index in [0.717, 1.165) is 32.9 Å². The van der Waals surface area contributed by atoms with Crippen LogP contribution in [0.5, 0.6) is 0 Å². The summed E-state index contributed by atoms with van der Waals surface area (Å²) in [5.74, 6) is -0.684. The van der Waals surface area contributed by atoms with E-state index in [1.165, 1.54) is 0 Å². The highest BCUT2D eigenvalue weighted by molar-refractivity contribution is 6.31. The number of anilines is 1. The van der Waals surface area contributed by atoms with Gasteiger partial charge in [0.2, 0.25) is 5.91 Å². The predicted octanol–water partition coefficient (Wildman–Crippen LogP) is 5.54. The van der Waals surface area contributed by atoms with Gasteiger partial charge in [-0.15, -0.1) is 0 Å². The number of fused-ring (bicyclic) bond motifs is 2. The Labute approximate surface area is 157 Å². The van der Waals surface area contributed by atoms with Crippen LogP contribution in [0.4, 0.5) is 5.69 Å². The number of rotatable bonds is 3. The molecule has 3 nitrogen and oxygen atoms in total. The van der Waals surface area contributed by atoms with Gasteiger partial charge in [0.1, 0.15) is 0 Å². The summed E-state index contributed by atoms with van der Waals surface area (Å²) in [5, 5.41) is 6.80. The molecule has 1 atom stereocenters. The van der Waals surface area contributed by atoms with Gasteiger partial charge in [0.15, 0.2) is 0 Å². The Morgan fingerprint density at radius 1 is 1.08 bits per heavy atom. The summed E-state index contributed by atoms with van der Waals surface area (Å²) in [6.07, 6.45) is 1.94. The molecule has 1 unspecified atom stereocenters. The third-order valence-electron chi connectivity index (χ3n) is 4.69. The van der Waals surface area contributed by atoms with Crippen LogP contribution in [0.1, 0.15) is 11.5 Å². The Morgan fingerprint density at radius 3 is 2.65 bits per heavy atom. The van der Waals surface area contributed by atoms with Crippen LogP contribution < -0.4 is 5.32 Å². The molecule has 26 heavy (non-hydrogen) atoms. The number of aromatic nitrogens is 1. The van der Waals surface area contributed by atoms with Crippen LogP contribution in [0.2, 0.25) is 5.02 Å². The molecule has 129 valence electrons. The molecule has 3 aromatic carbocycles. The molecule has 1 heterocycles. The molecular weight excluding hydrogens is 344 g/mol. The normalized spacial score (nSPS) is 12.4. The number of amides is 1. The number of nitrogens with one attached hydrogen (secondary N) is 1. The number of hydrogen-bond acceptors (Lipinski definition) is 1. The lowest BCUT2D eigenvalue weighted by Crippen LogP contribution is -2.18. The van der Waals surface area contributed by atoms with Crippen LogP contribution in [0, 0.1) is 6.92 Å². The van der Waals surface area contributed by atoms with Gasteiger partial charge in [-0.05, 0) is 53.6 Å². The molecule has 1 radical (unpaired) electrons. The fraction of sp³-hybridized carbons (Fsp3) is 0.0909. The van der Waals surface area contributed by atoms with E-state index in [9.17, 15) is 4.79 Å². The van der Waals surface area contributed by atoms with Crippen molar-refractivity contribution in [1.82, 2.24) is 4.57 Å². The van der Waals surface area contributed by atoms with Crippen LogP contribution in [0.25, 0.3) is 21.7 Å². The third-order valence-corrected chi connectivity index (χ3v) is 4.93. The molecule has 0 spiro atoms. The molecule has 4 rings (SSSR count). The second kappa shape index (κ2) is 6.50. The van der Waals surface area contributed by atoms with E-state index >= 15 is 0 Å². The second-order valence-electron chi connectivity index (χ2n) is 6.46. The van der Waals surface area contributed by atoms with Crippen molar-refractivity contribution in [3.63, 3.8) is 0 Å². The lowest BCUT2D eigenvalue weighted by Gasteiger charge is -2.12.